The summed E-state index contributed by atoms with van der Waals surface area (Å²) in [7, 11) is 0. The SMILES string of the molecule is CC[N-]C(CC)CC.[Li+]. The summed E-state index contributed by atoms with van der Waals surface area (Å²) in [6.45, 7) is 7.45. The van der Waals surface area contributed by atoms with Crippen LogP contribution in [0.4, 0.5) is 0 Å². The maximum absolute atomic E-state index is 4.36. The average molecular weight is 121 g/mol. The van der Waals surface area contributed by atoms with Gasteiger partial charge in [-0.05, 0) is 0 Å². The second-order valence-electron chi connectivity index (χ2n) is 1.97. The molecular formula is C7H16LiN. The van der Waals surface area contributed by atoms with Gasteiger partial charge in [-0.15, -0.1) is 6.04 Å². The van der Waals surface area contributed by atoms with E-state index in [0.29, 0.717) is 6.04 Å². The Bertz CT molecular complexity index is 44.2. The molecule has 0 aliphatic carbocycles. The predicted molar refractivity (Wildman–Crippen MR) is 38.3 cm³/mol. The van der Waals surface area contributed by atoms with E-state index in [4.69, 9.17) is 0 Å². The first-order valence-electron chi connectivity index (χ1n) is 3.51. The van der Waals surface area contributed by atoms with Crippen molar-refractivity contribution in [3.8, 4) is 0 Å². The van der Waals surface area contributed by atoms with Crippen molar-refractivity contribution in [2.45, 2.75) is 39.7 Å². The Morgan fingerprint density at radius 1 is 1.11 bits per heavy atom. The fourth-order valence-corrected chi connectivity index (χ4v) is 0.805. The molecule has 9 heavy (non-hydrogen) atoms. The monoisotopic (exact) mass is 121 g/mol. The maximum Gasteiger partial charge on any atom is 1.00 e. The third kappa shape index (κ3) is 6.44. The predicted octanol–water partition coefficient (Wildman–Crippen LogP) is -0.427. The zero-order valence-electron chi connectivity index (χ0n) is 7.15. The van der Waals surface area contributed by atoms with Crippen molar-refractivity contribution in [2.24, 2.45) is 0 Å². The van der Waals surface area contributed by atoms with Crippen molar-refractivity contribution in [2.75, 3.05) is 6.54 Å². The molecule has 0 aromatic heterocycles. The topological polar surface area (TPSA) is 14.1 Å². The molecular weight excluding hydrogens is 105 g/mol. The van der Waals surface area contributed by atoms with Gasteiger partial charge in [0.15, 0.2) is 0 Å². The summed E-state index contributed by atoms with van der Waals surface area (Å²) in [6, 6.07) is 0.625. The molecule has 0 aromatic rings. The molecule has 0 atom stereocenters. The number of hydrogen-bond acceptors (Lipinski definition) is 0. The molecule has 0 saturated heterocycles. The van der Waals surface area contributed by atoms with Crippen LogP contribution in [-0.4, -0.2) is 12.6 Å². The molecule has 0 heterocycles. The zero-order valence-corrected chi connectivity index (χ0v) is 7.15. The number of rotatable bonds is 4. The molecule has 50 valence electrons. The Morgan fingerprint density at radius 2 is 1.56 bits per heavy atom. The first-order valence-corrected chi connectivity index (χ1v) is 3.51. The molecule has 0 saturated carbocycles. The van der Waals surface area contributed by atoms with Crippen LogP contribution in [0.5, 0.6) is 0 Å². The van der Waals surface area contributed by atoms with E-state index >= 15 is 0 Å². The van der Waals surface area contributed by atoms with Gasteiger partial charge >= 0.3 is 18.9 Å². The minimum absolute atomic E-state index is 0. The van der Waals surface area contributed by atoms with E-state index in [-0.39, 0.29) is 18.9 Å². The molecule has 0 rings (SSSR count). The second-order valence-corrected chi connectivity index (χ2v) is 1.97. The van der Waals surface area contributed by atoms with Gasteiger partial charge in [0.25, 0.3) is 0 Å². The molecule has 0 aromatic carbocycles. The van der Waals surface area contributed by atoms with E-state index in [1.165, 1.54) is 12.8 Å². The molecule has 0 radical (unpaired) electrons. The van der Waals surface area contributed by atoms with Gasteiger partial charge in [0.2, 0.25) is 0 Å². The molecule has 1 nitrogen and oxygen atoms in total. The molecule has 0 aliphatic heterocycles. The quantitative estimate of drug-likeness (QED) is 0.448. The van der Waals surface area contributed by atoms with Crippen LogP contribution in [0.2, 0.25) is 0 Å². The van der Waals surface area contributed by atoms with Gasteiger partial charge in [-0.25, -0.2) is 0 Å². The van der Waals surface area contributed by atoms with Crippen molar-refractivity contribution in [3.63, 3.8) is 0 Å². The van der Waals surface area contributed by atoms with Crippen LogP contribution in [0.3, 0.4) is 0 Å². The number of nitrogens with zero attached hydrogens (tertiary/aromatic N) is 1. The van der Waals surface area contributed by atoms with E-state index in [1.54, 1.807) is 0 Å². The van der Waals surface area contributed by atoms with E-state index in [0.717, 1.165) is 6.54 Å². The molecule has 0 bridgehead atoms. The first kappa shape index (κ1) is 12.3. The van der Waals surface area contributed by atoms with Gasteiger partial charge in [0, 0.05) is 0 Å². The normalized spacial score (nSPS) is 9.33. The smallest absolute Gasteiger partial charge is 0.660 e. The van der Waals surface area contributed by atoms with E-state index < -0.39 is 0 Å². The Morgan fingerprint density at radius 3 is 1.67 bits per heavy atom. The fraction of sp³-hybridized carbons (Fsp3) is 1.00. The van der Waals surface area contributed by atoms with Crippen molar-refractivity contribution >= 4 is 0 Å². The zero-order chi connectivity index (χ0) is 6.41. The summed E-state index contributed by atoms with van der Waals surface area (Å²) in [4.78, 5) is 0. The minimum Gasteiger partial charge on any atom is -0.660 e. The summed E-state index contributed by atoms with van der Waals surface area (Å²) in [6.07, 6.45) is 2.40. The van der Waals surface area contributed by atoms with Gasteiger partial charge in [-0.1, -0.05) is 33.6 Å². The van der Waals surface area contributed by atoms with Crippen LogP contribution >= 0.6 is 0 Å². The summed E-state index contributed by atoms with van der Waals surface area (Å²) >= 11 is 0. The largest absolute Gasteiger partial charge is 1.00 e. The van der Waals surface area contributed by atoms with Crippen molar-refractivity contribution in [3.05, 3.63) is 5.32 Å². The third-order valence-electron chi connectivity index (χ3n) is 1.38. The van der Waals surface area contributed by atoms with Gasteiger partial charge in [-0.3, -0.25) is 0 Å². The van der Waals surface area contributed by atoms with Gasteiger partial charge < -0.3 is 5.32 Å². The standard InChI is InChI=1S/C7H16N.Li/c1-4-7(5-2)8-6-3;/h7H,4-6H2,1-3H3;/q-1;+1. The second kappa shape index (κ2) is 8.56. The molecule has 0 spiro atoms. The van der Waals surface area contributed by atoms with Crippen molar-refractivity contribution in [1.29, 1.82) is 0 Å². The summed E-state index contributed by atoms with van der Waals surface area (Å²) < 4.78 is 0. The Hall–Kier alpha value is 0.557. The van der Waals surface area contributed by atoms with Crippen LogP contribution in [-0.2, 0) is 0 Å². The Kier molecular flexibility index (Phi) is 11.7. The summed E-state index contributed by atoms with van der Waals surface area (Å²) in [5, 5.41) is 4.36. The van der Waals surface area contributed by atoms with E-state index in [2.05, 4.69) is 26.1 Å². The molecule has 0 fully saturated rings. The Labute approximate surface area is 70.8 Å². The van der Waals surface area contributed by atoms with Crippen LogP contribution in [0.25, 0.3) is 5.32 Å². The van der Waals surface area contributed by atoms with Crippen molar-refractivity contribution < 1.29 is 18.9 Å². The summed E-state index contributed by atoms with van der Waals surface area (Å²) in [5.74, 6) is 0. The van der Waals surface area contributed by atoms with E-state index in [9.17, 15) is 0 Å². The van der Waals surface area contributed by atoms with E-state index in [1.807, 2.05) is 0 Å². The molecule has 2 heteroatoms. The maximum atomic E-state index is 4.36. The Balaban J connectivity index is 0. The van der Waals surface area contributed by atoms with Gasteiger partial charge in [-0.2, -0.15) is 6.54 Å². The molecule has 0 amide bonds. The molecule has 0 unspecified atom stereocenters. The first-order chi connectivity index (χ1) is 3.85. The van der Waals surface area contributed by atoms with Crippen LogP contribution in [0.1, 0.15) is 33.6 Å². The average Bonchev–Trinajstić information content (AvgIpc) is 1.83. The van der Waals surface area contributed by atoms with Crippen LogP contribution in [0, 0.1) is 0 Å². The minimum atomic E-state index is 0. The molecule has 0 aliphatic rings. The summed E-state index contributed by atoms with van der Waals surface area (Å²) in [5.41, 5.74) is 0. The van der Waals surface area contributed by atoms with Crippen molar-refractivity contribution in [1.82, 2.24) is 0 Å². The van der Waals surface area contributed by atoms with Gasteiger partial charge in [0.05, 0.1) is 0 Å². The third-order valence-corrected chi connectivity index (χ3v) is 1.38. The van der Waals surface area contributed by atoms with Crippen LogP contribution < -0.4 is 18.9 Å². The van der Waals surface area contributed by atoms with Crippen LogP contribution in [0.15, 0.2) is 0 Å². The number of hydrogen-bond donors (Lipinski definition) is 0. The van der Waals surface area contributed by atoms with Gasteiger partial charge in [0.1, 0.15) is 0 Å². The fourth-order valence-electron chi connectivity index (χ4n) is 0.805. The molecule has 0 N–H and O–H groups in total.